The van der Waals surface area contributed by atoms with Crippen LogP contribution in [0, 0.1) is 6.92 Å². The van der Waals surface area contributed by atoms with Crippen LogP contribution in [-0.2, 0) is 24.3 Å². The molecule has 0 saturated heterocycles. The number of thiazole rings is 1. The topological polar surface area (TPSA) is 73.0 Å². The summed E-state index contributed by atoms with van der Waals surface area (Å²) in [6.07, 6.45) is 2.46. The summed E-state index contributed by atoms with van der Waals surface area (Å²) >= 11 is 1.50. The first-order valence-electron chi connectivity index (χ1n) is 8.80. The monoisotopic (exact) mass is 385 g/mol. The summed E-state index contributed by atoms with van der Waals surface area (Å²) in [5.74, 6) is 0.437. The Hall–Kier alpha value is -2.74. The Morgan fingerprint density at radius 1 is 1.30 bits per heavy atom. The summed E-state index contributed by atoms with van der Waals surface area (Å²) in [6.45, 7) is 4.16. The molecule has 0 fully saturated rings. The molecule has 3 aromatic rings. The maximum Gasteiger partial charge on any atom is 0.346 e. The lowest BCUT2D eigenvalue weighted by Gasteiger charge is -2.22. The molecule has 0 spiro atoms. The number of amides is 1. The zero-order valence-corrected chi connectivity index (χ0v) is 16.5. The second kappa shape index (κ2) is 8.30. The number of likely N-dealkylation sites (N-methyl/N-ethyl adjacent to an activating group) is 1. The van der Waals surface area contributed by atoms with Gasteiger partial charge in [-0.1, -0.05) is 30.3 Å². The molecule has 27 heavy (non-hydrogen) atoms. The zero-order valence-electron chi connectivity index (χ0n) is 15.7. The quantitative estimate of drug-likeness (QED) is 0.625. The highest BCUT2D eigenvalue weighted by Gasteiger charge is 2.21. The zero-order chi connectivity index (χ0) is 19.4. The van der Waals surface area contributed by atoms with E-state index in [2.05, 4.69) is 10.1 Å². The minimum absolute atomic E-state index is 0.0791. The molecule has 0 aliphatic rings. The number of rotatable bonds is 7. The maximum absolute atomic E-state index is 12.7. The first-order valence-corrected chi connectivity index (χ1v) is 9.68. The highest BCUT2D eigenvalue weighted by molar-refractivity contribution is 7.09. The number of carbonyl (C=O) groups excluding carboxylic acids is 1. The molecule has 1 atom stereocenters. The summed E-state index contributed by atoms with van der Waals surface area (Å²) in [5.41, 5.74) is 0.900. The van der Waals surface area contributed by atoms with E-state index in [1.54, 1.807) is 29.6 Å². The molecule has 1 unspecified atom stereocenters. The lowest BCUT2D eigenvalue weighted by atomic mass is 10.1. The lowest BCUT2D eigenvalue weighted by molar-refractivity contribution is -0.132. The molecule has 3 rings (SSSR count). The van der Waals surface area contributed by atoms with Crippen molar-refractivity contribution in [1.29, 1.82) is 0 Å². The van der Waals surface area contributed by atoms with E-state index >= 15 is 0 Å². The first kappa shape index (κ1) is 19.0. The minimum Gasteiger partial charge on any atom is -0.335 e. The van der Waals surface area contributed by atoms with Crippen LogP contribution in [0.5, 0.6) is 0 Å². The number of hydrogen-bond donors (Lipinski definition) is 0. The number of hydrogen-bond acceptors (Lipinski definition) is 5. The average Bonchev–Trinajstić information content (AvgIpc) is 3.29. The van der Waals surface area contributed by atoms with Crippen molar-refractivity contribution >= 4 is 17.2 Å². The van der Waals surface area contributed by atoms with Gasteiger partial charge in [-0.25, -0.2) is 14.5 Å². The van der Waals surface area contributed by atoms with E-state index in [4.69, 9.17) is 0 Å². The predicted octanol–water partition coefficient (Wildman–Crippen LogP) is 2.27. The van der Waals surface area contributed by atoms with E-state index in [1.807, 2.05) is 42.6 Å². The Balaban J connectivity index is 1.68. The second-order valence-corrected chi connectivity index (χ2v) is 7.35. The summed E-state index contributed by atoms with van der Waals surface area (Å²) < 4.78 is 2.86. The Labute approximate surface area is 161 Å². The fourth-order valence-electron chi connectivity index (χ4n) is 2.86. The van der Waals surface area contributed by atoms with Crippen LogP contribution < -0.4 is 5.69 Å². The van der Waals surface area contributed by atoms with Crippen LogP contribution in [0.1, 0.15) is 29.4 Å². The van der Waals surface area contributed by atoms with Gasteiger partial charge >= 0.3 is 5.69 Å². The van der Waals surface area contributed by atoms with Gasteiger partial charge in [0.15, 0.2) is 0 Å². The third-order valence-electron chi connectivity index (χ3n) is 4.64. The van der Waals surface area contributed by atoms with Crippen molar-refractivity contribution in [2.24, 2.45) is 0 Å². The van der Waals surface area contributed by atoms with Gasteiger partial charge in [0.25, 0.3) is 0 Å². The van der Waals surface area contributed by atoms with Crippen molar-refractivity contribution in [3.8, 4) is 0 Å². The van der Waals surface area contributed by atoms with Crippen LogP contribution in [0.4, 0.5) is 0 Å². The van der Waals surface area contributed by atoms with E-state index in [1.165, 1.54) is 16.0 Å². The van der Waals surface area contributed by atoms with Crippen LogP contribution in [0.3, 0.4) is 0 Å². The van der Waals surface area contributed by atoms with Gasteiger partial charge in [0.1, 0.15) is 17.4 Å². The molecule has 0 bridgehead atoms. The van der Waals surface area contributed by atoms with Crippen LogP contribution >= 0.6 is 11.3 Å². The van der Waals surface area contributed by atoms with E-state index in [0.29, 0.717) is 12.4 Å². The Bertz CT molecular complexity index is 946. The molecule has 0 saturated carbocycles. The van der Waals surface area contributed by atoms with E-state index in [0.717, 1.165) is 17.0 Å². The van der Waals surface area contributed by atoms with Crippen LogP contribution in [-0.4, -0.2) is 37.2 Å². The first-order chi connectivity index (χ1) is 13.0. The summed E-state index contributed by atoms with van der Waals surface area (Å²) in [6, 6.07) is 9.84. The molecule has 1 aromatic carbocycles. The summed E-state index contributed by atoms with van der Waals surface area (Å²) in [5, 5.41) is 7.02. The molecular weight excluding hydrogens is 362 g/mol. The third kappa shape index (κ3) is 4.33. The van der Waals surface area contributed by atoms with Crippen LogP contribution in [0.15, 0.2) is 46.7 Å². The molecular formula is C19H23N5O2S. The number of aryl methyl sites for hydroxylation is 2. The Morgan fingerprint density at radius 2 is 2.04 bits per heavy atom. The van der Waals surface area contributed by atoms with Gasteiger partial charge in [-0.05, 0) is 25.8 Å². The Morgan fingerprint density at radius 3 is 2.70 bits per heavy atom. The molecule has 1 amide bonds. The van der Waals surface area contributed by atoms with E-state index < -0.39 is 0 Å². The van der Waals surface area contributed by atoms with Crippen molar-refractivity contribution < 1.29 is 4.79 Å². The van der Waals surface area contributed by atoms with Gasteiger partial charge in [-0.15, -0.1) is 11.3 Å². The largest absolute Gasteiger partial charge is 0.346 e. The van der Waals surface area contributed by atoms with Crippen molar-refractivity contribution in [3.05, 3.63) is 68.8 Å². The molecule has 0 radical (unpaired) electrons. The summed E-state index contributed by atoms with van der Waals surface area (Å²) in [4.78, 5) is 31.1. The summed E-state index contributed by atoms with van der Waals surface area (Å²) in [7, 11) is 1.72. The molecule has 0 N–H and O–H groups in total. The normalized spacial score (nSPS) is 12.1. The molecule has 142 valence electrons. The van der Waals surface area contributed by atoms with Crippen molar-refractivity contribution in [2.45, 2.75) is 39.4 Å². The van der Waals surface area contributed by atoms with Gasteiger partial charge in [0.05, 0.1) is 6.04 Å². The third-order valence-corrected chi connectivity index (χ3v) is 5.59. The van der Waals surface area contributed by atoms with Gasteiger partial charge in [0, 0.05) is 25.2 Å². The maximum atomic E-state index is 12.7. The highest BCUT2D eigenvalue weighted by atomic mass is 32.1. The van der Waals surface area contributed by atoms with Crippen molar-refractivity contribution in [3.63, 3.8) is 0 Å². The Kier molecular flexibility index (Phi) is 5.85. The van der Waals surface area contributed by atoms with E-state index in [9.17, 15) is 9.59 Å². The average molecular weight is 385 g/mol. The molecule has 7 nitrogen and oxygen atoms in total. The molecule has 8 heteroatoms. The van der Waals surface area contributed by atoms with E-state index in [-0.39, 0.29) is 24.2 Å². The number of benzene rings is 1. The highest BCUT2D eigenvalue weighted by Crippen LogP contribution is 2.20. The lowest BCUT2D eigenvalue weighted by Crippen LogP contribution is -2.36. The van der Waals surface area contributed by atoms with Crippen molar-refractivity contribution in [2.75, 3.05) is 7.05 Å². The fraction of sp³-hybridized carbons (Fsp3) is 0.368. The predicted molar refractivity (Wildman–Crippen MR) is 105 cm³/mol. The number of nitrogens with zero attached hydrogens (tertiary/aromatic N) is 5. The van der Waals surface area contributed by atoms with Crippen LogP contribution in [0.2, 0.25) is 0 Å². The minimum atomic E-state index is -0.257. The van der Waals surface area contributed by atoms with Crippen molar-refractivity contribution in [1.82, 2.24) is 24.2 Å². The number of carbonyl (C=O) groups is 1. The number of aromatic nitrogens is 4. The smallest absolute Gasteiger partial charge is 0.335 e. The second-order valence-electron chi connectivity index (χ2n) is 6.43. The van der Waals surface area contributed by atoms with Gasteiger partial charge in [-0.2, -0.15) is 5.10 Å². The van der Waals surface area contributed by atoms with Gasteiger partial charge in [-0.3, -0.25) is 9.36 Å². The van der Waals surface area contributed by atoms with Gasteiger partial charge < -0.3 is 4.90 Å². The van der Waals surface area contributed by atoms with Crippen LogP contribution in [0.25, 0.3) is 0 Å². The standard InChI is InChI=1S/C19H23N5O2S/c1-14(18-20-10-12-27-18)22(3)17(25)13-24-19(26)23(15(2)21-24)11-9-16-7-5-4-6-8-16/h4-8,10,12,14H,9,11,13H2,1-3H3. The SMILES string of the molecule is Cc1nn(CC(=O)N(C)C(C)c2nccs2)c(=O)n1CCc1ccccc1. The fourth-order valence-corrected chi connectivity index (χ4v) is 3.60. The molecule has 2 heterocycles. The molecule has 0 aliphatic heterocycles. The van der Waals surface area contributed by atoms with Gasteiger partial charge in [0.2, 0.25) is 5.91 Å². The molecule has 0 aliphatic carbocycles. The molecule has 2 aromatic heterocycles.